The van der Waals surface area contributed by atoms with E-state index in [1.807, 2.05) is 0 Å². The van der Waals surface area contributed by atoms with Gasteiger partial charge in [0.1, 0.15) is 5.58 Å². The molecule has 1 heterocycles. The van der Waals surface area contributed by atoms with Crippen LogP contribution in [0.15, 0.2) is 77.2 Å². The molecule has 1 amide bonds. The van der Waals surface area contributed by atoms with Gasteiger partial charge in [0.2, 0.25) is 5.78 Å². The summed E-state index contributed by atoms with van der Waals surface area (Å²) < 4.78 is 5.78. The van der Waals surface area contributed by atoms with E-state index in [9.17, 15) is 9.59 Å². The second kappa shape index (κ2) is 7.50. The largest absolute Gasteiger partial charge is 0.450 e. The van der Waals surface area contributed by atoms with E-state index in [-0.39, 0.29) is 11.5 Å². The van der Waals surface area contributed by atoms with Crippen LogP contribution >= 0.6 is 23.2 Å². The number of rotatable bonds is 4. The van der Waals surface area contributed by atoms with E-state index >= 15 is 0 Å². The number of ketones is 1. The molecule has 6 heteroatoms. The van der Waals surface area contributed by atoms with Crippen molar-refractivity contribution in [2.24, 2.45) is 0 Å². The smallest absolute Gasteiger partial charge is 0.257 e. The third-order valence-corrected chi connectivity index (χ3v) is 4.85. The fraction of sp³-hybridized carbons (Fsp3) is 0. The number of benzene rings is 3. The van der Waals surface area contributed by atoms with Crippen molar-refractivity contribution in [1.29, 1.82) is 0 Å². The van der Waals surface area contributed by atoms with E-state index in [0.717, 1.165) is 0 Å². The van der Waals surface area contributed by atoms with Crippen LogP contribution in [0, 0.1) is 0 Å². The minimum absolute atomic E-state index is 0.0453. The molecule has 0 saturated carbocycles. The number of halogens is 2. The highest BCUT2D eigenvalue weighted by Crippen LogP contribution is 2.33. The summed E-state index contributed by atoms with van der Waals surface area (Å²) in [6.45, 7) is 0. The van der Waals surface area contributed by atoms with Gasteiger partial charge in [-0.3, -0.25) is 9.59 Å². The molecule has 0 aliphatic heterocycles. The fourth-order valence-electron chi connectivity index (χ4n) is 2.89. The molecule has 0 aliphatic rings. The number of carbonyl (C=O) groups is 2. The van der Waals surface area contributed by atoms with Crippen molar-refractivity contribution in [1.82, 2.24) is 0 Å². The maximum Gasteiger partial charge on any atom is 0.257 e. The molecular formula is C22H13Cl2NO3. The number of fused-ring (bicyclic) bond motifs is 1. The zero-order valence-electron chi connectivity index (χ0n) is 14.4. The number of hydrogen-bond acceptors (Lipinski definition) is 3. The molecular weight excluding hydrogens is 397 g/mol. The highest BCUT2D eigenvalue weighted by atomic mass is 35.5. The summed E-state index contributed by atoms with van der Waals surface area (Å²) in [5.41, 5.74) is 1.51. The molecule has 3 aromatic carbocycles. The summed E-state index contributed by atoms with van der Waals surface area (Å²) in [5, 5.41) is 4.25. The minimum atomic E-state index is -0.428. The zero-order chi connectivity index (χ0) is 19.7. The van der Waals surface area contributed by atoms with Crippen LogP contribution in [0.25, 0.3) is 11.0 Å². The highest BCUT2D eigenvalue weighted by Gasteiger charge is 2.24. The Hall–Kier alpha value is -3.08. The molecule has 4 aromatic rings. The van der Waals surface area contributed by atoms with Crippen LogP contribution in [0.2, 0.25) is 10.0 Å². The van der Waals surface area contributed by atoms with Gasteiger partial charge in [-0.15, -0.1) is 0 Å². The van der Waals surface area contributed by atoms with Gasteiger partial charge in [-0.1, -0.05) is 47.5 Å². The van der Waals surface area contributed by atoms with E-state index in [2.05, 4.69) is 5.32 Å². The lowest BCUT2D eigenvalue weighted by Gasteiger charge is -2.07. The molecule has 0 radical (unpaired) electrons. The molecule has 1 N–H and O–H groups in total. The highest BCUT2D eigenvalue weighted by molar-refractivity contribution is 6.34. The first kappa shape index (κ1) is 18.3. The van der Waals surface area contributed by atoms with Crippen molar-refractivity contribution >= 4 is 51.5 Å². The maximum absolute atomic E-state index is 13.0. The normalized spacial score (nSPS) is 10.8. The van der Waals surface area contributed by atoms with Crippen molar-refractivity contribution < 1.29 is 14.0 Å². The average molecular weight is 410 g/mol. The first-order valence-corrected chi connectivity index (χ1v) is 9.18. The Morgan fingerprint density at radius 1 is 0.821 bits per heavy atom. The number of anilines is 1. The van der Waals surface area contributed by atoms with Crippen molar-refractivity contribution in [3.05, 3.63) is 99.7 Å². The summed E-state index contributed by atoms with van der Waals surface area (Å²) in [4.78, 5) is 25.8. The number of carbonyl (C=O) groups excluding carboxylic acids is 2. The Morgan fingerprint density at radius 2 is 1.50 bits per heavy atom. The molecule has 0 atom stereocenters. The van der Waals surface area contributed by atoms with Crippen molar-refractivity contribution in [2.45, 2.75) is 0 Å². The van der Waals surface area contributed by atoms with Crippen LogP contribution in [-0.4, -0.2) is 11.7 Å². The quantitative estimate of drug-likeness (QED) is 0.406. The molecule has 4 rings (SSSR count). The summed E-state index contributed by atoms with van der Waals surface area (Å²) in [6, 6.07) is 20.3. The Morgan fingerprint density at radius 3 is 2.25 bits per heavy atom. The van der Waals surface area contributed by atoms with Gasteiger partial charge >= 0.3 is 0 Å². The van der Waals surface area contributed by atoms with Crippen LogP contribution in [0.4, 0.5) is 5.69 Å². The molecule has 0 unspecified atom stereocenters. The van der Waals surface area contributed by atoms with Crippen molar-refractivity contribution in [3.63, 3.8) is 0 Å². The summed E-state index contributed by atoms with van der Waals surface area (Å²) in [5.74, 6) is -0.742. The van der Waals surface area contributed by atoms with E-state index in [4.69, 9.17) is 27.6 Å². The third-order valence-electron chi connectivity index (χ3n) is 4.27. The molecule has 28 heavy (non-hydrogen) atoms. The predicted octanol–water partition coefficient (Wildman–Crippen LogP) is 6.22. The van der Waals surface area contributed by atoms with Crippen LogP contribution in [0.5, 0.6) is 0 Å². The topological polar surface area (TPSA) is 59.3 Å². The van der Waals surface area contributed by atoms with E-state index < -0.39 is 5.91 Å². The summed E-state index contributed by atoms with van der Waals surface area (Å²) in [7, 11) is 0. The zero-order valence-corrected chi connectivity index (χ0v) is 15.9. The van der Waals surface area contributed by atoms with E-state index in [0.29, 0.717) is 37.8 Å². The van der Waals surface area contributed by atoms with Gasteiger partial charge in [0.05, 0.1) is 16.3 Å². The van der Waals surface area contributed by atoms with Gasteiger partial charge in [-0.2, -0.15) is 0 Å². The molecule has 4 nitrogen and oxygen atoms in total. The average Bonchev–Trinajstić information content (AvgIpc) is 3.07. The predicted molar refractivity (Wildman–Crippen MR) is 111 cm³/mol. The first-order valence-electron chi connectivity index (χ1n) is 8.42. The van der Waals surface area contributed by atoms with Crippen LogP contribution in [-0.2, 0) is 0 Å². The number of furan rings is 1. The minimum Gasteiger partial charge on any atom is -0.450 e. The van der Waals surface area contributed by atoms with Crippen LogP contribution in [0.3, 0.4) is 0 Å². The molecule has 0 saturated heterocycles. The Balaban J connectivity index is 1.79. The molecule has 0 fully saturated rings. The lowest BCUT2D eigenvalue weighted by Crippen LogP contribution is -2.14. The van der Waals surface area contributed by atoms with Crippen molar-refractivity contribution in [3.8, 4) is 0 Å². The van der Waals surface area contributed by atoms with Gasteiger partial charge in [-0.05, 0) is 48.5 Å². The third kappa shape index (κ3) is 3.40. The Labute approximate surface area is 170 Å². The molecule has 0 bridgehead atoms. The standard InChI is InChI=1S/C22H13Cl2NO3/c23-14-11-9-13(10-12-14)20(26)21-19(16-6-2-4-8-18(16)28-21)25-22(27)15-5-1-3-7-17(15)24/h1-12H,(H,25,27). The van der Waals surface area contributed by atoms with Gasteiger partial charge in [0.15, 0.2) is 5.76 Å². The van der Waals surface area contributed by atoms with Gasteiger partial charge in [0.25, 0.3) is 5.91 Å². The van der Waals surface area contributed by atoms with Gasteiger partial charge in [0, 0.05) is 16.0 Å². The van der Waals surface area contributed by atoms with Crippen molar-refractivity contribution in [2.75, 3.05) is 5.32 Å². The second-order valence-corrected chi connectivity index (χ2v) is 6.92. The number of para-hydroxylation sites is 1. The monoisotopic (exact) mass is 409 g/mol. The number of hydrogen-bond donors (Lipinski definition) is 1. The first-order chi connectivity index (χ1) is 13.5. The Kier molecular flexibility index (Phi) is 4.90. The molecule has 138 valence electrons. The fourth-order valence-corrected chi connectivity index (χ4v) is 3.24. The molecule has 1 aromatic heterocycles. The summed E-state index contributed by atoms with van der Waals surface area (Å²) >= 11 is 12.0. The lowest BCUT2D eigenvalue weighted by molar-refractivity contribution is 0.101. The second-order valence-electron chi connectivity index (χ2n) is 6.07. The Bertz CT molecular complexity index is 1200. The number of amides is 1. The molecule has 0 spiro atoms. The summed E-state index contributed by atoms with van der Waals surface area (Å²) in [6.07, 6.45) is 0. The van der Waals surface area contributed by atoms with Crippen LogP contribution in [0.1, 0.15) is 26.5 Å². The number of nitrogens with one attached hydrogen (secondary N) is 1. The van der Waals surface area contributed by atoms with Gasteiger partial charge < -0.3 is 9.73 Å². The maximum atomic E-state index is 13.0. The van der Waals surface area contributed by atoms with E-state index in [1.165, 1.54) is 0 Å². The van der Waals surface area contributed by atoms with Gasteiger partial charge in [-0.25, -0.2) is 0 Å². The SMILES string of the molecule is O=C(Nc1c(C(=O)c2ccc(Cl)cc2)oc2ccccc12)c1ccccc1Cl. The lowest BCUT2D eigenvalue weighted by atomic mass is 10.1. The molecule has 0 aliphatic carbocycles. The van der Waals surface area contributed by atoms with Crippen LogP contribution < -0.4 is 5.32 Å². The van der Waals surface area contributed by atoms with E-state index in [1.54, 1.807) is 72.8 Å².